The second-order valence-electron chi connectivity index (χ2n) is 5.76. The zero-order chi connectivity index (χ0) is 17.5. The molecule has 24 heavy (non-hydrogen) atoms. The number of hydrogen-bond donors (Lipinski definition) is 2. The number of carbonyl (C=O) groups is 2. The number of benzene rings is 2. The summed E-state index contributed by atoms with van der Waals surface area (Å²) in [5.74, 6) is -0.554. The first-order valence-corrected chi connectivity index (χ1v) is 7.87. The number of hydrogen-bond acceptors (Lipinski definition) is 2. The summed E-state index contributed by atoms with van der Waals surface area (Å²) in [6, 6.07) is 14.6. The van der Waals surface area contributed by atoms with E-state index >= 15 is 0 Å². The summed E-state index contributed by atoms with van der Waals surface area (Å²) in [5, 5.41) is 5.47. The fourth-order valence-electron chi connectivity index (χ4n) is 2.13. The van der Waals surface area contributed by atoms with Crippen molar-refractivity contribution < 1.29 is 9.59 Å². The van der Waals surface area contributed by atoms with Gasteiger partial charge in [0.25, 0.3) is 0 Å². The van der Waals surface area contributed by atoms with Crippen molar-refractivity contribution >= 4 is 23.6 Å². The Balaban J connectivity index is 1.89. The molecule has 2 amide bonds. The van der Waals surface area contributed by atoms with Gasteiger partial charge < -0.3 is 10.6 Å². The van der Waals surface area contributed by atoms with Crippen LogP contribution in [0.15, 0.2) is 54.6 Å². The summed E-state index contributed by atoms with van der Waals surface area (Å²) in [4.78, 5) is 24.1. The van der Waals surface area contributed by atoms with Gasteiger partial charge in [-0.1, -0.05) is 36.4 Å². The Morgan fingerprint density at radius 1 is 1.00 bits per heavy atom. The molecule has 0 aromatic heterocycles. The summed E-state index contributed by atoms with van der Waals surface area (Å²) >= 11 is 0. The molecule has 0 radical (unpaired) electrons. The molecule has 0 bridgehead atoms. The summed E-state index contributed by atoms with van der Waals surface area (Å²) < 4.78 is 0. The highest BCUT2D eigenvalue weighted by Gasteiger charge is 2.14. The third-order valence-electron chi connectivity index (χ3n) is 3.75. The van der Waals surface area contributed by atoms with Gasteiger partial charge in [0.05, 0.1) is 0 Å². The fraction of sp³-hybridized carbons (Fsp3) is 0.200. The topological polar surface area (TPSA) is 58.2 Å². The van der Waals surface area contributed by atoms with Crippen molar-refractivity contribution in [3.63, 3.8) is 0 Å². The van der Waals surface area contributed by atoms with Crippen molar-refractivity contribution in [2.24, 2.45) is 0 Å². The van der Waals surface area contributed by atoms with Crippen LogP contribution >= 0.6 is 0 Å². The van der Waals surface area contributed by atoms with Crippen LogP contribution < -0.4 is 10.6 Å². The van der Waals surface area contributed by atoms with Crippen LogP contribution in [0.25, 0.3) is 6.08 Å². The van der Waals surface area contributed by atoms with Gasteiger partial charge >= 0.3 is 0 Å². The van der Waals surface area contributed by atoms with Crippen molar-refractivity contribution in [2.75, 3.05) is 5.32 Å². The predicted molar refractivity (Wildman–Crippen MR) is 97.6 cm³/mol. The van der Waals surface area contributed by atoms with Gasteiger partial charge in [0, 0.05) is 11.8 Å². The van der Waals surface area contributed by atoms with Crippen LogP contribution in [-0.2, 0) is 9.59 Å². The first kappa shape index (κ1) is 17.5. The van der Waals surface area contributed by atoms with E-state index in [4.69, 9.17) is 0 Å². The van der Waals surface area contributed by atoms with E-state index in [9.17, 15) is 9.59 Å². The molecule has 0 saturated carbocycles. The lowest BCUT2D eigenvalue weighted by Crippen LogP contribution is -2.40. The SMILES string of the molecule is Cc1ccc(NC(=O)[C@H](C)NC(=O)/C=C/c2ccccc2)cc1C. The van der Waals surface area contributed by atoms with Crippen molar-refractivity contribution in [1.82, 2.24) is 5.32 Å². The molecule has 4 nitrogen and oxygen atoms in total. The summed E-state index contributed by atoms with van der Waals surface area (Å²) in [5.41, 5.74) is 3.93. The molecule has 0 aliphatic rings. The highest BCUT2D eigenvalue weighted by Crippen LogP contribution is 2.14. The lowest BCUT2D eigenvalue weighted by atomic mass is 10.1. The van der Waals surface area contributed by atoms with E-state index in [0.717, 1.165) is 16.8 Å². The average molecular weight is 322 g/mol. The Hall–Kier alpha value is -2.88. The molecule has 2 aromatic rings. The lowest BCUT2D eigenvalue weighted by Gasteiger charge is -2.13. The normalized spacial score (nSPS) is 12.0. The molecule has 0 saturated heterocycles. The van der Waals surface area contributed by atoms with Gasteiger partial charge in [-0.3, -0.25) is 9.59 Å². The summed E-state index contributed by atoms with van der Waals surface area (Å²) in [7, 11) is 0. The van der Waals surface area contributed by atoms with Crippen LogP contribution in [-0.4, -0.2) is 17.9 Å². The standard InChI is InChI=1S/C20H22N2O2/c1-14-9-11-18(13-15(14)2)22-20(24)16(3)21-19(23)12-10-17-7-5-4-6-8-17/h4-13,16H,1-3H3,(H,21,23)(H,22,24)/b12-10+/t16-/m0/s1. The molecule has 0 spiro atoms. The van der Waals surface area contributed by atoms with Crippen LogP contribution in [0.3, 0.4) is 0 Å². The first-order chi connectivity index (χ1) is 11.5. The smallest absolute Gasteiger partial charge is 0.246 e. The minimum absolute atomic E-state index is 0.250. The quantitative estimate of drug-likeness (QED) is 0.828. The predicted octanol–water partition coefficient (Wildman–Crippen LogP) is 3.46. The number of anilines is 1. The van der Waals surface area contributed by atoms with E-state index in [1.165, 1.54) is 11.6 Å². The summed E-state index contributed by atoms with van der Waals surface area (Å²) in [6.07, 6.45) is 3.14. The van der Waals surface area contributed by atoms with E-state index in [2.05, 4.69) is 10.6 Å². The number of amides is 2. The van der Waals surface area contributed by atoms with Gasteiger partial charge in [0.2, 0.25) is 11.8 Å². The van der Waals surface area contributed by atoms with Gasteiger partial charge in [-0.25, -0.2) is 0 Å². The van der Waals surface area contributed by atoms with Gasteiger partial charge in [-0.15, -0.1) is 0 Å². The molecule has 0 fully saturated rings. The van der Waals surface area contributed by atoms with Gasteiger partial charge in [-0.05, 0) is 55.7 Å². The fourth-order valence-corrected chi connectivity index (χ4v) is 2.13. The molecule has 2 N–H and O–H groups in total. The minimum atomic E-state index is -0.625. The molecule has 124 valence electrons. The van der Waals surface area contributed by atoms with Gasteiger partial charge in [0.1, 0.15) is 6.04 Å². The van der Waals surface area contributed by atoms with Crippen LogP contribution in [0.4, 0.5) is 5.69 Å². The Morgan fingerprint density at radius 3 is 2.38 bits per heavy atom. The molecule has 0 unspecified atom stereocenters. The Bertz CT molecular complexity index is 751. The zero-order valence-corrected chi connectivity index (χ0v) is 14.2. The highest BCUT2D eigenvalue weighted by atomic mass is 16.2. The number of nitrogens with one attached hydrogen (secondary N) is 2. The molecule has 2 rings (SSSR count). The van der Waals surface area contributed by atoms with E-state index in [1.807, 2.05) is 62.4 Å². The van der Waals surface area contributed by atoms with E-state index in [1.54, 1.807) is 13.0 Å². The maximum absolute atomic E-state index is 12.2. The van der Waals surface area contributed by atoms with Gasteiger partial charge in [0.15, 0.2) is 0 Å². The largest absolute Gasteiger partial charge is 0.341 e. The number of aryl methyl sites for hydroxylation is 2. The van der Waals surface area contributed by atoms with Crippen molar-refractivity contribution in [1.29, 1.82) is 0 Å². The molecule has 0 aliphatic heterocycles. The first-order valence-electron chi connectivity index (χ1n) is 7.87. The maximum atomic E-state index is 12.2. The average Bonchev–Trinajstić information content (AvgIpc) is 2.57. The van der Waals surface area contributed by atoms with Crippen LogP contribution in [0.1, 0.15) is 23.6 Å². The molecule has 0 heterocycles. The van der Waals surface area contributed by atoms with E-state index in [0.29, 0.717) is 0 Å². The van der Waals surface area contributed by atoms with Crippen molar-refractivity contribution in [3.8, 4) is 0 Å². The molecule has 2 aromatic carbocycles. The third kappa shape index (κ3) is 5.09. The van der Waals surface area contributed by atoms with Gasteiger partial charge in [-0.2, -0.15) is 0 Å². The Morgan fingerprint density at radius 2 is 1.71 bits per heavy atom. The number of carbonyl (C=O) groups excluding carboxylic acids is 2. The minimum Gasteiger partial charge on any atom is -0.341 e. The number of rotatable bonds is 5. The second-order valence-corrected chi connectivity index (χ2v) is 5.76. The van der Waals surface area contributed by atoms with E-state index in [-0.39, 0.29) is 11.8 Å². The van der Waals surface area contributed by atoms with Crippen LogP contribution in [0, 0.1) is 13.8 Å². The molecular formula is C20H22N2O2. The summed E-state index contributed by atoms with van der Waals surface area (Å²) in [6.45, 7) is 5.66. The van der Waals surface area contributed by atoms with Crippen molar-refractivity contribution in [2.45, 2.75) is 26.8 Å². The Labute approximate surface area is 142 Å². The Kier molecular flexibility index (Phi) is 5.90. The van der Waals surface area contributed by atoms with Crippen molar-refractivity contribution in [3.05, 3.63) is 71.3 Å². The van der Waals surface area contributed by atoms with Crippen LogP contribution in [0.2, 0.25) is 0 Å². The lowest BCUT2D eigenvalue weighted by molar-refractivity contribution is -0.123. The molecule has 0 aliphatic carbocycles. The second kappa shape index (κ2) is 8.11. The zero-order valence-electron chi connectivity index (χ0n) is 14.2. The van der Waals surface area contributed by atoms with E-state index < -0.39 is 6.04 Å². The van der Waals surface area contributed by atoms with Crippen LogP contribution in [0.5, 0.6) is 0 Å². The monoisotopic (exact) mass is 322 g/mol. The molecule has 4 heteroatoms. The highest BCUT2D eigenvalue weighted by molar-refractivity contribution is 5.99. The molecule has 1 atom stereocenters. The third-order valence-corrected chi connectivity index (χ3v) is 3.75. The maximum Gasteiger partial charge on any atom is 0.246 e. The molecular weight excluding hydrogens is 300 g/mol.